The summed E-state index contributed by atoms with van der Waals surface area (Å²) in [6.07, 6.45) is 5.22. The van der Waals surface area contributed by atoms with Crippen LogP contribution in [0.4, 0.5) is 10.1 Å². The molecule has 0 bridgehead atoms. The summed E-state index contributed by atoms with van der Waals surface area (Å²) < 4.78 is 13.1. The van der Waals surface area contributed by atoms with Crippen LogP contribution in [0.3, 0.4) is 0 Å². The Morgan fingerprint density at radius 3 is 2.62 bits per heavy atom. The lowest BCUT2D eigenvalue weighted by Gasteiger charge is -2.34. The number of aromatic nitrogens is 1. The number of amides is 1. The van der Waals surface area contributed by atoms with Crippen molar-refractivity contribution in [3.05, 3.63) is 72.3 Å². The summed E-state index contributed by atoms with van der Waals surface area (Å²) in [4.78, 5) is 19.1. The van der Waals surface area contributed by atoms with Gasteiger partial charge in [-0.3, -0.25) is 9.78 Å². The van der Waals surface area contributed by atoms with E-state index in [2.05, 4.69) is 15.2 Å². The van der Waals surface area contributed by atoms with Crippen LogP contribution < -0.4 is 10.2 Å². The summed E-state index contributed by atoms with van der Waals surface area (Å²) in [6, 6.07) is 14.3. The number of hydrogen-bond acceptors (Lipinski definition) is 3. The zero-order valence-electron chi connectivity index (χ0n) is 14.4. The second kappa shape index (κ2) is 7.12. The summed E-state index contributed by atoms with van der Waals surface area (Å²) in [5, 5.41) is 5.05. The smallest absolute Gasteiger partial charge is 0.252 e. The highest BCUT2D eigenvalue weighted by molar-refractivity contribution is 6.06. The first-order valence-electron chi connectivity index (χ1n) is 8.85. The zero-order chi connectivity index (χ0) is 17.9. The maximum absolute atomic E-state index is 13.1. The predicted octanol–water partition coefficient (Wildman–Crippen LogP) is 3.77. The number of anilines is 1. The number of pyridine rings is 1. The number of nitrogens with zero attached hydrogens (tertiary/aromatic N) is 2. The molecule has 2 aromatic carbocycles. The van der Waals surface area contributed by atoms with Crippen LogP contribution in [0.2, 0.25) is 0 Å². The summed E-state index contributed by atoms with van der Waals surface area (Å²) in [7, 11) is 0. The van der Waals surface area contributed by atoms with E-state index in [4.69, 9.17) is 0 Å². The van der Waals surface area contributed by atoms with Crippen LogP contribution in [0.25, 0.3) is 10.8 Å². The molecule has 1 saturated heterocycles. The molecule has 1 aliphatic rings. The van der Waals surface area contributed by atoms with Crippen molar-refractivity contribution in [3.8, 4) is 0 Å². The first kappa shape index (κ1) is 16.5. The molecule has 1 amide bonds. The van der Waals surface area contributed by atoms with Crippen molar-refractivity contribution in [1.82, 2.24) is 10.3 Å². The second-order valence-electron chi connectivity index (χ2n) is 6.61. The fourth-order valence-electron chi connectivity index (χ4n) is 3.52. The molecule has 1 N–H and O–H groups in total. The van der Waals surface area contributed by atoms with Crippen LogP contribution in [-0.4, -0.2) is 30.0 Å². The van der Waals surface area contributed by atoms with Crippen LogP contribution in [0.15, 0.2) is 60.9 Å². The molecule has 0 radical (unpaired) electrons. The van der Waals surface area contributed by atoms with Gasteiger partial charge >= 0.3 is 0 Å². The molecular weight excluding hydrogens is 329 g/mol. The Labute approximate surface area is 151 Å². The number of carbonyl (C=O) groups excluding carboxylic acids is 1. The quantitative estimate of drug-likeness (QED) is 0.783. The van der Waals surface area contributed by atoms with Gasteiger partial charge in [-0.05, 0) is 54.6 Å². The van der Waals surface area contributed by atoms with Crippen molar-refractivity contribution in [3.63, 3.8) is 0 Å². The molecular formula is C21H20FN3O. The average Bonchev–Trinajstić information content (AvgIpc) is 2.69. The summed E-state index contributed by atoms with van der Waals surface area (Å²) in [5.41, 5.74) is 1.71. The molecule has 0 saturated carbocycles. The molecule has 132 valence electrons. The third kappa shape index (κ3) is 3.38. The van der Waals surface area contributed by atoms with Gasteiger partial charge in [-0.15, -0.1) is 0 Å². The van der Waals surface area contributed by atoms with Gasteiger partial charge in [0.25, 0.3) is 5.91 Å². The monoisotopic (exact) mass is 349 g/mol. The fraction of sp³-hybridized carbons (Fsp3) is 0.238. The van der Waals surface area contributed by atoms with Crippen molar-refractivity contribution in [2.24, 2.45) is 0 Å². The van der Waals surface area contributed by atoms with E-state index in [1.54, 1.807) is 24.5 Å². The van der Waals surface area contributed by atoms with Gasteiger partial charge in [-0.25, -0.2) is 4.39 Å². The first-order chi connectivity index (χ1) is 12.7. The molecule has 1 fully saturated rings. The lowest BCUT2D eigenvalue weighted by atomic mass is 10.0. The number of carbonyl (C=O) groups is 1. The van der Waals surface area contributed by atoms with E-state index in [1.165, 1.54) is 12.1 Å². The van der Waals surface area contributed by atoms with Crippen LogP contribution in [0.5, 0.6) is 0 Å². The minimum absolute atomic E-state index is 0.0398. The van der Waals surface area contributed by atoms with Crippen molar-refractivity contribution < 1.29 is 9.18 Å². The molecule has 26 heavy (non-hydrogen) atoms. The molecule has 5 heteroatoms. The largest absolute Gasteiger partial charge is 0.371 e. The van der Waals surface area contributed by atoms with E-state index < -0.39 is 0 Å². The van der Waals surface area contributed by atoms with E-state index in [9.17, 15) is 9.18 Å². The van der Waals surface area contributed by atoms with Crippen LogP contribution in [0, 0.1) is 5.82 Å². The maximum Gasteiger partial charge on any atom is 0.252 e. The predicted molar refractivity (Wildman–Crippen MR) is 101 cm³/mol. The first-order valence-corrected chi connectivity index (χ1v) is 8.85. The van der Waals surface area contributed by atoms with E-state index in [0.29, 0.717) is 5.56 Å². The lowest BCUT2D eigenvalue weighted by molar-refractivity contribution is 0.0933. The van der Waals surface area contributed by atoms with Crippen LogP contribution >= 0.6 is 0 Å². The van der Waals surface area contributed by atoms with Gasteiger partial charge in [0.2, 0.25) is 0 Å². The summed E-state index contributed by atoms with van der Waals surface area (Å²) in [5.74, 6) is -0.261. The Hall–Kier alpha value is -2.95. The van der Waals surface area contributed by atoms with Crippen molar-refractivity contribution in [2.45, 2.75) is 18.9 Å². The number of piperidine rings is 1. The van der Waals surface area contributed by atoms with E-state index in [1.807, 2.05) is 24.3 Å². The van der Waals surface area contributed by atoms with Crippen molar-refractivity contribution >= 4 is 22.4 Å². The van der Waals surface area contributed by atoms with Gasteiger partial charge < -0.3 is 10.2 Å². The third-order valence-corrected chi connectivity index (χ3v) is 4.95. The average molecular weight is 349 g/mol. The Bertz CT molecular complexity index is 913. The SMILES string of the molecule is O=C(NC1CCN(c2ccc(F)cc2)CC1)c1cccc2cnccc12. The number of fused-ring (bicyclic) bond motifs is 1. The summed E-state index contributed by atoms with van der Waals surface area (Å²) >= 11 is 0. The van der Waals surface area contributed by atoms with Gasteiger partial charge in [0.15, 0.2) is 0 Å². The number of rotatable bonds is 3. The molecule has 1 aromatic heterocycles. The topological polar surface area (TPSA) is 45.2 Å². The normalized spacial score (nSPS) is 15.2. The molecule has 0 unspecified atom stereocenters. The Morgan fingerprint density at radius 1 is 1.08 bits per heavy atom. The van der Waals surface area contributed by atoms with Crippen LogP contribution in [0.1, 0.15) is 23.2 Å². The minimum atomic E-state index is -0.221. The number of benzene rings is 2. The fourth-order valence-corrected chi connectivity index (χ4v) is 3.52. The number of halogens is 1. The van der Waals surface area contributed by atoms with Gasteiger partial charge in [0, 0.05) is 48.2 Å². The Morgan fingerprint density at radius 2 is 1.85 bits per heavy atom. The Balaban J connectivity index is 1.41. The number of hydrogen-bond donors (Lipinski definition) is 1. The van der Waals surface area contributed by atoms with Crippen LogP contribution in [-0.2, 0) is 0 Å². The minimum Gasteiger partial charge on any atom is -0.371 e. The van der Waals surface area contributed by atoms with E-state index >= 15 is 0 Å². The molecule has 0 spiro atoms. The molecule has 0 aliphatic carbocycles. The molecule has 4 rings (SSSR count). The van der Waals surface area contributed by atoms with Gasteiger partial charge in [0.05, 0.1) is 0 Å². The highest BCUT2D eigenvalue weighted by Gasteiger charge is 2.22. The van der Waals surface area contributed by atoms with Gasteiger partial charge in [-0.2, -0.15) is 0 Å². The Kier molecular flexibility index (Phi) is 4.52. The highest BCUT2D eigenvalue weighted by Crippen LogP contribution is 2.22. The highest BCUT2D eigenvalue weighted by atomic mass is 19.1. The standard InChI is InChI=1S/C21H20FN3O/c22-16-4-6-18(7-5-16)25-12-9-17(10-13-25)24-21(26)20-3-1-2-15-14-23-11-8-19(15)20/h1-8,11,14,17H,9-10,12-13H2,(H,24,26). The molecule has 2 heterocycles. The lowest BCUT2D eigenvalue weighted by Crippen LogP contribution is -2.44. The van der Waals surface area contributed by atoms with Gasteiger partial charge in [0.1, 0.15) is 5.82 Å². The van der Waals surface area contributed by atoms with Crippen molar-refractivity contribution in [2.75, 3.05) is 18.0 Å². The number of nitrogens with one attached hydrogen (secondary N) is 1. The molecule has 0 atom stereocenters. The maximum atomic E-state index is 13.1. The van der Waals surface area contributed by atoms with Crippen molar-refractivity contribution in [1.29, 1.82) is 0 Å². The van der Waals surface area contributed by atoms with Gasteiger partial charge in [-0.1, -0.05) is 12.1 Å². The van der Waals surface area contributed by atoms with E-state index in [0.717, 1.165) is 42.4 Å². The summed E-state index contributed by atoms with van der Waals surface area (Å²) in [6.45, 7) is 1.69. The third-order valence-electron chi connectivity index (χ3n) is 4.95. The van der Waals surface area contributed by atoms with E-state index in [-0.39, 0.29) is 17.8 Å². The second-order valence-corrected chi connectivity index (χ2v) is 6.61. The molecule has 1 aliphatic heterocycles. The molecule has 3 aromatic rings. The molecule has 4 nitrogen and oxygen atoms in total. The zero-order valence-corrected chi connectivity index (χ0v) is 14.4.